The Labute approximate surface area is 175 Å². The van der Waals surface area contributed by atoms with E-state index in [0.29, 0.717) is 23.9 Å². The number of piperidine rings is 2. The van der Waals surface area contributed by atoms with Crippen LogP contribution in [0.2, 0.25) is 0 Å². The van der Waals surface area contributed by atoms with E-state index in [1.165, 1.54) is 25.7 Å². The molecule has 0 aromatic carbocycles. The van der Waals surface area contributed by atoms with Crippen LogP contribution in [0.1, 0.15) is 78.6 Å². The molecule has 0 N–H and O–H groups in total. The summed E-state index contributed by atoms with van der Waals surface area (Å²) in [5.74, 6) is 1.05. The SMILES string of the molecule is CC(C)OC(=O)N1CCC(C)(N2CCC(N3C(=O)C[C@H]4CCCC[C@@H]43)CC2)CC1. The molecule has 164 valence electrons. The maximum Gasteiger partial charge on any atom is 0.410 e. The monoisotopic (exact) mass is 405 g/mol. The zero-order chi connectivity index (χ0) is 20.6. The fourth-order valence-electron chi connectivity index (χ4n) is 6.23. The Hall–Kier alpha value is -1.30. The molecule has 3 heterocycles. The molecule has 0 aromatic heterocycles. The van der Waals surface area contributed by atoms with E-state index < -0.39 is 0 Å². The molecule has 0 spiro atoms. The third-order valence-electron chi connectivity index (χ3n) is 8.01. The second-order valence-corrected chi connectivity index (χ2v) is 10.3. The van der Waals surface area contributed by atoms with Crippen LogP contribution in [-0.2, 0) is 9.53 Å². The quantitative estimate of drug-likeness (QED) is 0.719. The van der Waals surface area contributed by atoms with Gasteiger partial charge in [-0.05, 0) is 65.2 Å². The zero-order valence-electron chi connectivity index (χ0n) is 18.6. The molecule has 2 amide bonds. The zero-order valence-corrected chi connectivity index (χ0v) is 18.6. The smallest absolute Gasteiger partial charge is 0.410 e. The van der Waals surface area contributed by atoms with Gasteiger partial charge < -0.3 is 14.5 Å². The molecule has 2 atom stereocenters. The molecular weight excluding hydrogens is 366 g/mol. The molecule has 6 nitrogen and oxygen atoms in total. The molecular formula is C23H39N3O3. The van der Waals surface area contributed by atoms with E-state index in [-0.39, 0.29) is 17.7 Å². The van der Waals surface area contributed by atoms with Crippen molar-refractivity contribution in [3.05, 3.63) is 0 Å². The molecule has 0 radical (unpaired) electrons. The van der Waals surface area contributed by atoms with Crippen molar-refractivity contribution in [2.45, 2.75) is 102 Å². The van der Waals surface area contributed by atoms with Gasteiger partial charge >= 0.3 is 6.09 Å². The van der Waals surface area contributed by atoms with Gasteiger partial charge in [0.2, 0.25) is 5.91 Å². The molecule has 4 fully saturated rings. The highest BCUT2D eigenvalue weighted by Gasteiger charge is 2.46. The summed E-state index contributed by atoms with van der Waals surface area (Å²) in [6.45, 7) is 9.84. The van der Waals surface area contributed by atoms with E-state index >= 15 is 0 Å². The minimum Gasteiger partial charge on any atom is -0.447 e. The number of hydrogen-bond donors (Lipinski definition) is 0. The third kappa shape index (κ3) is 4.28. The number of carbonyl (C=O) groups is 2. The summed E-state index contributed by atoms with van der Waals surface area (Å²) in [5, 5.41) is 0. The lowest BCUT2D eigenvalue weighted by atomic mass is 9.83. The predicted molar refractivity (Wildman–Crippen MR) is 113 cm³/mol. The van der Waals surface area contributed by atoms with Crippen LogP contribution < -0.4 is 0 Å². The summed E-state index contributed by atoms with van der Waals surface area (Å²) in [7, 11) is 0. The van der Waals surface area contributed by atoms with E-state index in [0.717, 1.165) is 58.3 Å². The Morgan fingerprint density at radius 2 is 1.69 bits per heavy atom. The molecule has 1 saturated carbocycles. The highest BCUT2D eigenvalue weighted by atomic mass is 16.6. The van der Waals surface area contributed by atoms with E-state index in [2.05, 4.69) is 16.7 Å². The fraction of sp³-hybridized carbons (Fsp3) is 0.913. The molecule has 3 saturated heterocycles. The predicted octanol–water partition coefficient (Wildman–Crippen LogP) is 3.64. The van der Waals surface area contributed by atoms with Crippen LogP contribution in [0.5, 0.6) is 0 Å². The number of rotatable bonds is 3. The molecule has 29 heavy (non-hydrogen) atoms. The van der Waals surface area contributed by atoms with Crippen LogP contribution in [-0.4, -0.2) is 76.6 Å². The van der Waals surface area contributed by atoms with Gasteiger partial charge in [-0.3, -0.25) is 9.69 Å². The van der Waals surface area contributed by atoms with Crippen molar-refractivity contribution in [3.8, 4) is 0 Å². The Morgan fingerprint density at radius 1 is 1.03 bits per heavy atom. The number of hydrogen-bond acceptors (Lipinski definition) is 4. The molecule has 1 aliphatic carbocycles. The molecule has 3 aliphatic heterocycles. The summed E-state index contributed by atoms with van der Waals surface area (Å²) >= 11 is 0. The van der Waals surface area contributed by atoms with Crippen molar-refractivity contribution in [1.82, 2.24) is 14.7 Å². The maximum absolute atomic E-state index is 12.7. The van der Waals surface area contributed by atoms with Gasteiger partial charge in [0.1, 0.15) is 0 Å². The van der Waals surface area contributed by atoms with Gasteiger partial charge in [0.15, 0.2) is 0 Å². The second-order valence-electron chi connectivity index (χ2n) is 10.3. The second kappa shape index (κ2) is 8.44. The lowest BCUT2D eigenvalue weighted by Gasteiger charge is -2.50. The normalized spacial score (nSPS) is 31.2. The van der Waals surface area contributed by atoms with Crippen LogP contribution in [0.4, 0.5) is 4.79 Å². The van der Waals surface area contributed by atoms with Gasteiger partial charge in [0.05, 0.1) is 6.10 Å². The van der Waals surface area contributed by atoms with E-state index in [1.807, 2.05) is 18.7 Å². The average molecular weight is 406 g/mol. The van der Waals surface area contributed by atoms with Crippen molar-refractivity contribution in [2.75, 3.05) is 26.2 Å². The summed E-state index contributed by atoms with van der Waals surface area (Å²) in [6, 6.07) is 0.968. The summed E-state index contributed by atoms with van der Waals surface area (Å²) in [5.41, 5.74) is 0.155. The highest BCUT2D eigenvalue weighted by molar-refractivity contribution is 5.79. The van der Waals surface area contributed by atoms with Crippen LogP contribution >= 0.6 is 0 Å². The van der Waals surface area contributed by atoms with E-state index in [1.54, 1.807) is 0 Å². The van der Waals surface area contributed by atoms with Gasteiger partial charge in [0, 0.05) is 50.2 Å². The highest BCUT2D eigenvalue weighted by Crippen LogP contribution is 2.40. The number of nitrogens with zero attached hydrogens (tertiary/aromatic N) is 3. The molecule has 4 rings (SSSR count). The summed E-state index contributed by atoms with van der Waals surface area (Å²) in [4.78, 5) is 31.7. The van der Waals surface area contributed by atoms with Crippen molar-refractivity contribution < 1.29 is 14.3 Å². The first-order valence-electron chi connectivity index (χ1n) is 11.9. The number of ether oxygens (including phenoxy) is 1. The first kappa shape index (κ1) is 21.0. The summed E-state index contributed by atoms with van der Waals surface area (Å²) < 4.78 is 5.36. The molecule has 4 aliphatic rings. The van der Waals surface area contributed by atoms with Crippen LogP contribution in [0.25, 0.3) is 0 Å². The van der Waals surface area contributed by atoms with Crippen LogP contribution in [0.3, 0.4) is 0 Å². The Kier molecular flexibility index (Phi) is 6.10. The molecule has 6 heteroatoms. The molecule has 0 unspecified atom stereocenters. The van der Waals surface area contributed by atoms with Gasteiger partial charge in [-0.2, -0.15) is 0 Å². The lowest BCUT2D eigenvalue weighted by Crippen LogP contribution is -2.58. The Morgan fingerprint density at radius 3 is 2.34 bits per heavy atom. The van der Waals surface area contributed by atoms with Crippen molar-refractivity contribution in [2.24, 2.45) is 5.92 Å². The standard InChI is InChI=1S/C23H39N3O3/c1-17(2)29-22(28)24-14-10-23(3,11-15-24)25-12-8-19(9-13-25)26-20-7-5-4-6-18(20)16-21(26)27/h17-20H,4-16H2,1-3H3/t18-,20+/m1/s1. The fourth-order valence-corrected chi connectivity index (χ4v) is 6.23. The minimum absolute atomic E-state index is 0.0631. The number of carbonyl (C=O) groups excluding carboxylic acids is 2. The molecule has 0 aromatic rings. The summed E-state index contributed by atoms with van der Waals surface area (Å²) in [6.07, 6.45) is 9.82. The van der Waals surface area contributed by atoms with Crippen molar-refractivity contribution in [3.63, 3.8) is 0 Å². The largest absolute Gasteiger partial charge is 0.447 e. The Balaban J connectivity index is 1.29. The van der Waals surface area contributed by atoms with Crippen molar-refractivity contribution >= 4 is 12.0 Å². The van der Waals surface area contributed by atoms with Gasteiger partial charge in [-0.1, -0.05) is 12.8 Å². The van der Waals surface area contributed by atoms with Gasteiger partial charge in [-0.25, -0.2) is 4.79 Å². The minimum atomic E-state index is -0.171. The lowest BCUT2D eigenvalue weighted by molar-refractivity contribution is -0.132. The van der Waals surface area contributed by atoms with Crippen molar-refractivity contribution in [1.29, 1.82) is 0 Å². The number of fused-ring (bicyclic) bond motifs is 1. The number of amides is 2. The van der Waals surface area contributed by atoms with E-state index in [9.17, 15) is 9.59 Å². The van der Waals surface area contributed by atoms with Crippen LogP contribution in [0, 0.1) is 5.92 Å². The van der Waals surface area contributed by atoms with Gasteiger partial charge in [-0.15, -0.1) is 0 Å². The molecule has 0 bridgehead atoms. The first-order valence-corrected chi connectivity index (χ1v) is 11.9. The first-order chi connectivity index (χ1) is 13.9. The van der Waals surface area contributed by atoms with Gasteiger partial charge in [0.25, 0.3) is 0 Å². The maximum atomic E-state index is 12.7. The van der Waals surface area contributed by atoms with E-state index in [4.69, 9.17) is 4.74 Å². The third-order valence-corrected chi connectivity index (χ3v) is 8.01. The topological polar surface area (TPSA) is 53.1 Å². The van der Waals surface area contributed by atoms with Crippen LogP contribution in [0.15, 0.2) is 0 Å². The number of likely N-dealkylation sites (tertiary alicyclic amines) is 3. The Bertz CT molecular complexity index is 606. The average Bonchev–Trinajstić information content (AvgIpc) is 3.04.